The molecule has 0 spiro atoms. The van der Waals surface area contributed by atoms with Crippen molar-refractivity contribution >= 4 is 17.4 Å². The lowest BCUT2D eigenvalue weighted by atomic mass is 9.96. The van der Waals surface area contributed by atoms with E-state index in [0.717, 1.165) is 6.42 Å². The third kappa shape index (κ3) is 4.79. The number of imidazole rings is 1. The molecule has 1 fully saturated rings. The van der Waals surface area contributed by atoms with Crippen molar-refractivity contribution in [2.75, 3.05) is 13.2 Å². The van der Waals surface area contributed by atoms with Crippen molar-refractivity contribution in [2.24, 2.45) is 0 Å². The molecule has 3 aromatic rings. The van der Waals surface area contributed by atoms with Gasteiger partial charge in [-0.2, -0.15) is 0 Å². The molecule has 1 unspecified atom stereocenters. The van der Waals surface area contributed by atoms with E-state index in [2.05, 4.69) is 9.97 Å². The maximum Gasteiger partial charge on any atom is 0.295 e. The van der Waals surface area contributed by atoms with E-state index in [1.807, 2.05) is 17.7 Å². The molecule has 1 aromatic carbocycles. The number of rotatable bonds is 9. The summed E-state index contributed by atoms with van der Waals surface area (Å²) in [5.41, 5.74) is 1.19. The van der Waals surface area contributed by atoms with Gasteiger partial charge in [0.25, 0.3) is 11.7 Å². The lowest BCUT2D eigenvalue weighted by Crippen LogP contribution is -2.31. The van der Waals surface area contributed by atoms with Gasteiger partial charge in [-0.3, -0.25) is 14.6 Å². The lowest BCUT2D eigenvalue weighted by Gasteiger charge is -2.25. The lowest BCUT2D eigenvalue weighted by molar-refractivity contribution is -0.139. The molecule has 1 N–H and O–H groups in total. The Morgan fingerprint density at radius 3 is 2.58 bits per heavy atom. The first-order valence-corrected chi connectivity index (χ1v) is 11.0. The molecule has 8 nitrogen and oxygen atoms in total. The standard InChI is InChI=1S/C25H26N4O4/c1-2-15-33-20-8-6-18(7-9-20)23(30)21-22(19-5-3-10-26-16-19)29(25(32)24(21)31)13-4-12-28-14-11-27-17-28/h3,5-11,14,16-17,22,30H,2,4,12-13,15H2,1H3/b23-21+. The van der Waals surface area contributed by atoms with Crippen LogP contribution in [0, 0.1) is 0 Å². The van der Waals surface area contributed by atoms with Crippen LogP contribution in [0.2, 0.25) is 0 Å². The molecular weight excluding hydrogens is 420 g/mol. The van der Waals surface area contributed by atoms with Crippen LogP contribution >= 0.6 is 0 Å². The summed E-state index contributed by atoms with van der Waals surface area (Å²) in [6, 6.07) is 9.70. The predicted molar refractivity (Wildman–Crippen MR) is 122 cm³/mol. The van der Waals surface area contributed by atoms with E-state index in [4.69, 9.17) is 4.74 Å². The number of ketones is 1. The molecule has 1 aliphatic rings. The van der Waals surface area contributed by atoms with E-state index in [1.165, 1.54) is 4.90 Å². The van der Waals surface area contributed by atoms with Crippen molar-refractivity contribution in [3.8, 4) is 5.75 Å². The number of aromatic nitrogens is 3. The van der Waals surface area contributed by atoms with Crippen LogP contribution in [0.5, 0.6) is 5.75 Å². The minimum atomic E-state index is -0.711. The largest absolute Gasteiger partial charge is 0.507 e. The SMILES string of the molecule is CCCOc1ccc(/C(O)=C2\C(=O)C(=O)N(CCCn3ccnc3)C2c2cccnc2)cc1. The third-order valence-electron chi connectivity index (χ3n) is 5.52. The summed E-state index contributed by atoms with van der Waals surface area (Å²) < 4.78 is 7.51. The van der Waals surface area contributed by atoms with Gasteiger partial charge >= 0.3 is 0 Å². The van der Waals surface area contributed by atoms with Crippen LogP contribution in [0.1, 0.15) is 36.9 Å². The second-order valence-corrected chi connectivity index (χ2v) is 7.81. The predicted octanol–water partition coefficient (Wildman–Crippen LogP) is 3.58. The Morgan fingerprint density at radius 1 is 1.09 bits per heavy atom. The summed E-state index contributed by atoms with van der Waals surface area (Å²) in [6.45, 7) is 3.62. The molecule has 8 heteroatoms. The minimum absolute atomic E-state index is 0.0675. The van der Waals surface area contributed by atoms with Gasteiger partial charge in [0, 0.05) is 43.4 Å². The van der Waals surface area contributed by atoms with E-state index in [0.29, 0.717) is 43.0 Å². The van der Waals surface area contributed by atoms with Crippen LogP contribution in [-0.2, 0) is 16.1 Å². The number of aliphatic hydroxyl groups is 1. The Labute approximate surface area is 192 Å². The Balaban J connectivity index is 1.66. The van der Waals surface area contributed by atoms with Crippen molar-refractivity contribution in [2.45, 2.75) is 32.4 Å². The van der Waals surface area contributed by atoms with Crippen molar-refractivity contribution in [3.63, 3.8) is 0 Å². The van der Waals surface area contributed by atoms with Crippen LogP contribution in [0.25, 0.3) is 5.76 Å². The van der Waals surface area contributed by atoms with Gasteiger partial charge in [0.1, 0.15) is 11.5 Å². The number of aryl methyl sites for hydroxylation is 1. The van der Waals surface area contributed by atoms with Gasteiger partial charge in [0.15, 0.2) is 0 Å². The molecule has 1 aliphatic heterocycles. The molecule has 1 amide bonds. The average Bonchev–Trinajstić information content (AvgIpc) is 3.45. The second kappa shape index (κ2) is 10.1. The summed E-state index contributed by atoms with van der Waals surface area (Å²) in [4.78, 5) is 35.7. The Bertz CT molecular complexity index is 1120. The zero-order chi connectivity index (χ0) is 23.2. The molecule has 2 aromatic heterocycles. The first kappa shape index (κ1) is 22.3. The first-order valence-electron chi connectivity index (χ1n) is 11.0. The number of likely N-dealkylation sites (tertiary alicyclic amines) is 1. The van der Waals surface area contributed by atoms with Gasteiger partial charge in [-0.1, -0.05) is 13.0 Å². The van der Waals surface area contributed by atoms with Gasteiger partial charge in [-0.25, -0.2) is 4.98 Å². The zero-order valence-corrected chi connectivity index (χ0v) is 18.4. The van der Waals surface area contributed by atoms with Crippen LogP contribution < -0.4 is 4.74 Å². The van der Waals surface area contributed by atoms with E-state index >= 15 is 0 Å². The summed E-state index contributed by atoms with van der Waals surface area (Å²) in [5.74, 6) is -0.854. The van der Waals surface area contributed by atoms with Gasteiger partial charge in [0.05, 0.1) is 24.5 Å². The summed E-state index contributed by atoms with van der Waals surface area (Å²) in [5, 5.41) is 11.1. The van der Waals surface area contributed by atoms with Crippen LogP contribution in [0.3, 0.4) is 0 Å². The summed E-state index contributed by atoms with van der Waals surface area (Å²) in [6.07, 6.45) is 10.0. The second-order valence-electron chi connectivity index (χ2n) is 7.81. The Hall–Kier alpha value is -3.94. The number of carbonyl (C=O) groups is 2. The molecule has 0 bridgehead atoms. The summed E-state index contributed by atoms with van der Waals surface area (Å²) in [7, 11) is 0. The molecule has 33 heavy (non-hydrogen) atoms. The monoisotopic (exact) mass is 446 g/mol. The number of nitrogens with zero attached hydrogens (tertiary/aromatic N) is 4. The molecule has 3 heterocycles. The summed E-state index contributed by atoms with van der Waals surface area (Å²) >= 11 is 0. The highest BCUT2D eigenvalue weighted by Gasteiger charge is 2.45. The number of Topliss-reactive ketones (excluding diaryl/α,β-unsaturated/α-hetero) is 1. The highest BCUT2D eigenvalue weighted by Crippen LogP contribution is 2.39. The molecular formula is C25H26N4O4. The number of pyridine rings is 1. The van der Waals surface area contributed by atoms with E-state index in [9.17, 15) is 14.7 Å². The zero-order valence-electron chi connectivity index (χ0n) is 18.4. The van der Waals surface area contributed by atoms with Crippen LogP contribution in [-0.4, -0.2) is 49.4 Å². The number of amides is 1. The van der Waals surface area contributed by atoms with Crippen molar-refractivity contribution in [1.29, 1.82) is 0 Å². The first-order chi connectivity index (χ1) is 16.1. The number of hydrogen-bond donors (Lipinski definition) is 1. The maximum absolute atomic E-state index is 13.0. The molecule has 1 atom stereocenters. The maximum atomic E-state index is 13.0. The van der Waals surface area contributed by atoms with E-state index in [1.54, 1.807) is 61.3 Å². The van der Waals surface area contributed by atoms with Gasteiger partial charge in [-0.05, 0) is 48.7 Å². The quantitative estimate of drug-likeness (QED) is 0.307. The van der Waals surface area contributed by atoms with Crippen molar-refractivity contribution < 1.29 is 19.4 Å². The molecule has 4 rings (SSSR count). The third-order valence-corrected chi connectivity index (χ3v) is 5.52. The van der Waals surface area contributed by atoms with Gasteiger partial charge < -0.3 is 19.3 Å². The fourth-order valence-electron chi connectivity index (χ4n) is 3.92. The van der Waals surface area contributed by atoms with Gasteiger partial charge in [-0.15, -0.1) is 0 Å². The van der Waals surface area contributed by atoms with Crippen LogP contribution in [0.15, 0.2) is 73.1 Å². The van der Waals surface area contributed by atoms with Crippen molar-refractivity contribution in [1.82, 2.24) is 19.4 Å². The molecule has 1 saturated heterocycles. The fraction of sp³-hybridized carbons (Fsp3) is 0.280. The molecule has 170 valence electrons. The Kier molecular flexibility index (Phi) is 6.83. The number of hydrogen-bond acceptors (Lipinski definition) is 6. The average molecular weight is 447 g/mol. The fourth-order valence-corrected chi connectivity index (χ4v) is 3.92. The number of ether oxygens (including phenoxy) is 1. The number of carbonyl (C=O) groups excluding carboxylic acids is 2. The van der Waals surface area contributed by atoms with E-state index < -0.39 is 17.7 Å². The smallest absolute Gasteiger partial charge is 0.295 e. The molecule has 0 radical (unpaired) electrons. The highest BCUT2D eigenvalue weighted by molar-refractivity contribution is 6.46. The molecule has 0 aliphatic carbocycles. The van der Waals surface area contributed by atoms with Crippen LogP contribution in [0.4, 0.5) is 0 Å². The molecule has 0 saturated carbocycles. The Morgan fingerprint density at radius 2 is 1.91 bits per heavy atom. The normalized spacial score (nSPS) is 17.5. The van der Waals surface area contributed by atoms with Crippen molar-refractivity contribution in [3.05, 3.63) is 84.2 Å². The van der Waals surface area contributed by atoms with E-state index in [-0.39, 0.29) is 11.3 Å². The highest BCUT2D eigenvalue weighted by atomic mass is 16.5. The number of benzene rings is 1. The number of aliphatic hydroxyl groups excluding tert-OH is 1. The minimum Gasteiger partial charge on any atom is -0.507 e. The topological polar surface area (TPSA) is 97.6 Å². The van der Waals surface area contributed by atoms with Gasteiger partial charge in [0.2, 0.25) is 0 Å².